The molecular weight excluding hydrogens is 543 g/mol. The Bertz CT molecular complexity index is 1470. The Morgan fingerprint density at radius 2 is 1.79 bits per heavy atom. The number of hydrogen-bond acceptors (Lipinski definition) is 7. The molecule has 0 radical (unpaired) electrons. The number of rotatable bonds is 10. The van der Waals surface area contributed by atoms with Crippen molar-refractivity contribution >= 4 is 46.1 Å². The maximum Gasteiger partial charge on any atom is 0.335 e. The summed E-state index contributed by atoms with van der Waals surface area (Å²) in [5, 5.41) is 31.7. The molecule has 3 aromatic carbocycles. The van der Waals surface area contributed by atoms with Crippen LogP contribution in [0.1, 0.15) is 36.2 Å². The van der Waals surface area contributed by atoms with Gasteiger partial charge < -0.3 is 20.4 Å². The van der Waals surface area contributed by atoms with Gasteiger partial charge in [-0.3, -0.25) is 4.79 Å². The summed E-state index contributed by atoms with van der Waals surface area (Å²) in [5.41, 5.74) is 3.47. The number of benzene rings is 3. The lowest BCUT2D eigenvalue weighted by Crippen LogP contribution is -2.41. The lowest BCUT2D eigenvalue weighted by atomic mass is 9.97. The second-order valence-electron chi connectivity index (χ2n) is 9.65. The minimum atomic E-state index is -1.43. The average Bonchev–Trinajstić information content (AvgIpc) is 3.28. The maximum absolute atomic E-state index is 13.1. The maximum atomic E-state index is 13.1. The summed E-state index contributed by atoms with van der Waals surface area (Å²) in [7, 11) is 0. The number of ether oxygens (including phenoxy) is 1. The van der Waals surface area contributed by atoms with E-state index in [1.54, 1.807) is 30.3 Å². The van der Waals surface area contributed by atoms with Crippen molar-refractivity contribution in [3.63, 3.8) is 0 Å². The van der Waals surface area contributed by atoms with Gasteiger partial charge in [0.1, 0.15) is 11.0 Å². The number of aliphatic hydroxyl groups is 1. The number of halogens is 2. The van der Waals surface area contributed by atoms with Gasteiger partial charge in [0.05, 0.1) is 6.61 Å². The van der Waals surface area contributed by atoms with E-state index in [2.05, 4.69) is 15.6 Å². The number of hydrogen-bond donors (Lipinski definition) is 3. The molecule has 0 aliphatic heterocycles. The van der Waals surface area contributed by atoms with Gasteiger partial charge in [-0.1, -0.05) is 66.2 Å². The van der Waals surface area contributed by atoms with E-state index in [1.807, 2.05) is 38.1 Å². The number of carbonyl (C=O) groups excluding carboxylic acids is 2. The fourth-order valence-electron chi connectivity index (χ4n) is 4.04. The largest absolute Gasteiger partial charge is 0.464 e. The fourth-order valence-corrected chi connectivity index (χ4v) is 4.44. The molecule has 0 aliphatic rings. The molecule has 0 spiro atoms. The van der Waals surface area contributed by atoms with E-state index in [0.29, 0.717) is 26.8 Å². The van der Waals surface area contributed by atoms with Gasteiger partial charge in [-0.15, -0.1) is 5.10 Å². The number of amides is 1. The number of carbonyl (C=O) groups is 2. The van der Waals surface area contributed by atoms with Gasteiger partial charge in [-0.05, 0) is 65.1 Å². The van der Waals surface area contributed by atoms with Gasteiger partial charge in [0, 0.05) is 33.6 Å². The normalized spacial score (nSPS) is 12.9. The smallest absolute Gasteiger partial charge is 0.335 e. The van der Waals surface area contributed by atoms with Crippen molar-refractivity contribution in [2.75, 3.05) is 6.61 Å². The fraction of sp³-hybridized carbons (Fsp3) is 0.286. The first-order chi connectivity index (χ1) is 18.6. The number of fused-ring (bicyclic) bond motifs is 1. The zero-order chi connectivity index (χ0) is 28.1. The average molecular weight is 571 g/mol. The van der Waals surface area contributed by atoms with Crippen molar-refractivity contribution in [3.8, 4) is 11.1 Å². The van der Waals surface area contributed by atoms with Crippen LogP contribution in [0.5, 0.6) is 0 Å². The van der Waals surface area contributed by atoms with Gasteiger partial charge >= 0.3 is 5.97 Å². The van der Waals surface area contributed by atoms with Crippen LogP contribution in [-0.4, -0.2) is 56.1 Å². The summed E-state index contributed by atoms with van der Waals surface area (Å²) < 4.78 is 5.17. The summed E-state index contributed by atoms with van der Waals surface area (Å²) in [4.78, 5) is 26.1. The molecule has 204 valence electrons. The molecular formula is C28H28Cl2N4O5. The molecule has 0 saturated heterocycles. The Kier molecular flexibility index (Phi) is 9.06. The molecule has 1 heterocycles. The van der Waals surface area contributed by atoms with Gasteiger partial charge in [0.2, 0.25) is 0 Å². The monoisotopic (exact) mass is 570 g/mol. The topological polar surface area (TPSA) is 127 Å². The molecule has 1 aromatic heterocycles. The standard InChI is InChI=1S/C28H28Cl2N4O5/c1-16(2)15-39-28(37)26(35)14-21(31-27(36)19-7-10-24-25(12-19)34(38)33-32-24)11-17-3-5-18(6-4-17)22-13-20(29)8-9-23(22)30/h3-10,12-13,16,21,26,35,38H,11,14-15H2,1-2H3,(H,31,36)/t21-,26-/m1/s1. The van der Waals surface area contributed by atoms with E-state index in [-0.39, 0.29) is 30.0 Å². The van der Waals surface area contributed by atoms with Crippen molar-refractivity contribution in [2.45, 2.75) is 38.8 Å². The van der Waals surface area contributed by atoms with Crippen LogP contribution in [-0.2, 0) is 16.0 Å². The predicted molar refractivity (Wildman–Crippen MR) is 148 cm³/mol. The van der Waals surface area contributed by atoms with Crippen LogP contribution in [0.15, 0.2) is 60.7 Å². The summed E-state index contributed by atoms with van der Waals surface area (Å²) in [6, 6.07) is 16.7. The molecule has 4 aromatic rings. The summed E-state index contributed by atoms with van der Waals surface area (Å²) in [6.45, 7) is 3.98. The van der Waals surface area contributed by atoms with E-state index >= 15 is 0 Å². The number of esters is 1. The lowest BCUT2D eigenvalue weighted by molar-refractivity contribution is -0.155. The van der Waals surface area contributed by atoms with Crippen LogP contribution in [0, 0.1) is 5.92 Å². The molecule has 0 saturated carbocycles. The van der Waals surface area contributed by atoms with Gasteiger partial charge in [-0.2, -0.15) is 0 Å². The van der Waals surface area contributed by atoms with Crippen molar-refractivity contribution in [1.29, 1.82) is 0 Å². The highest BCUT2D eigenvalue weighted by Gasteiger charge is 2.25. The predicted octanol–water partition coefficient (Wildman–Crippen LogP) is 4.93. The zero-order valence-corrected chi connectivity index (χ0v) is 22.9. The molecule has 0 aliphatic carbocycles. The van der Waals surface area contributed by atoms with Crippen molar-refractivity contribution in [2.24, 2.45) is 5.92 Å². The quantitative estimate of drug-likeness (QED) is 0.182. The third-order valence-corrected chi connectivity index (χ3v) is 6.60. The van der Waals surface area contributed by atoms with E-state index < -0.39 is 24.0 Å². The Morgan fingerprint density at radius 3 is 2.51 bits per heavy atom. The highest BCUT2D eigenvalue weighted by Crippen LogP contribution is 2.31. The zero-order valence-electron chi connectivity index (χ0n) is 21.3. The van der Waals surface area contributed by atoms with Crippen LogP contribution in [0.2, 0.25) is 10.0 Å². The molecule has 2 atom stereocenters. The molecule has 11 heteroatoms. The van der Waals surface area contributed by atoms with E-state index in [9.17, 15) is 19.9 Å². The summed E-state index contributed by atoms with van der Waals surface area (Å²) >= 11 is 12.5. The highest BCUT2D eigenvalue weighted by atomic mass is 35.5. The lowest BCUT2D eigenvalue weighted by Gasteiger charge is -2.22. The minimum Gasteiger partial charge on any atom is -0.464 e. The number of aliphatic hydroxyl groups excluding tert-OH is 1. The van der Waals surface area contributed by atoms with Crippen LogP contribution in [0.25, 0.3) is 22.2 Å². The minimum absolute atomic E-state index is 0.0632. The van der Waals surface area contributed by atoms with E-state index in [4.69, 9.17) is 27.9 Å². The van der Waals surface area contributed by atoms with Crippen molar-refractivity contribution in [1.82, 2.24) is 20.5 Å². The SMILES string of the molecule is CC(C)COC(=O)[C@H](O)C[C@@H](Cc1ccc(-c2cc(Cl)ccc2Cl)cc1)NC(=O)c1ccc2nnn(O)c2c1. The molecule has 3 N–H and O–H groups in total. The molecule has 39 heavy (non-hydrogen) atoms. The molecule has 1 amide bonds. The van der Waals surface area contributed by atoms with Crippen molar-refractivity contribution in [3.05, 3.63) is 81.8 Å². The first kappa shape index (κ1) is 28.4. The third-order valence-electron chi connectivity index (χ3n) is 6.04. The number of nitrogens with one attached hydrogen (secondary N) is 1. The molecule has 4 rings (SSSR count). The summed E-state index contributed by atoms with van der Waals surface area (Å²) in [6.07, 6.45) is -1.16. The van der Waals surface area contributed by atoms with E-state index in [1.165, 1.54) is 6.07 Å². The molecule has 9 nitrogen and oxygen atoms in total. The Morgan fingerprint density at radius 1 is 1.05 bits per heavy atom. The van der Waals surface area contributed by atoms with Crippen molar-refractivity contribution < 1.29 is 24.6 Å². The van der Waals surface area contributed by atoms with Gasteiger partial charge in [-0.25, -0.2) is 4.79 Å². The molecule has 0 fully saturated rings. The van der Waals surface area contributed by atoms with E-state index in [0.717, 1.165) is 16.7 Å². The molecule has 0 unspecified atom stereocenters. The second-order valence-corrected chi connectivity index (χ2v) is 10.5. The van der Waals surface area contributed by atoms with Crippen LogP contribution in [0.4, 0.5) is 0 Å². The first-order valence-electron chi connectivity index (χ1n) is 12.4. The Hall–Kier alpha value is -3.66. The number of nitrogens with zero attached hydrogens (tertiary/aromatic N) is 3. The van der Waals surface area contributed by atoms with Crippen LogP contribution < -0.4 is 5.32 Å². The highest BCUT2D eigenvalue weighted by molar-refractivity contribution is 6.35. The number of aromatic nitrogens is 3. The summed E-state index contributed by atoms with van der Waals surface area (Å²) in [5.74, 6) is -1.08. The Balaban J connectivity index is 1.53. The van der Waals surface area contributed by atoms with Gasteiger partial charge in [0.25, 0.3) is 5.91 Å². The van der Waals surface area contributed by atoms with Crippen LogP contribution >= 0.6 is 23.2 Å². The van der Waals surface area contributed by atoms with Crippen LogP contribution in [0.3, 0.4) is 0 Å². The molecule has 0 bridgehead atoms. The van der Waals surface area contributed by atoms with Gasteiger partial charge in [0.15, 0.2) is 6.10 Å². The first-order valence-corrected chi connectivity index (χ1v) is 13.1. The third kappa shape index (κ3) is 7.26. The Labute approximate surface area is 235 Å². The second kappa shape index (κ2) is 12.5.